The summed E-state index contributed by atoms with van der Waals surface area (Å²) >= 11 is 6.22. The van der Waals surface area contributed by atoms with Crippen molar-refractivity contribution in [1.82, 2.24) is 20.6 Å². The molecule has 0 aliphatic carbocycles. The Hall–Kier alpha value is -2.02. The van der Waals surface area contributed by atoms with Gasteiger partial charge in [0, 0.05) is 44.6 Å². The highest BCUT2D eigenvalue weighted by Gasteiger charge is 2.30. The molecule has 31 heavy (non-hydrogen) atoms. The maximum atomic E-state index is 12.5. The van der Waals surface area contributed by atoms with Crippen LogP contribution in [0.25, 0.3) is 0 Å². The highest BCUT2D eigenvalue weighted by molar-refractivity contribution is 14.0. The molecule has 1 aliphatic heterocycles. The number of ether oxygens (including phenoxy) is 1. The number of guanidine groups is 1. The minimum Gasteiger partial charge on any atom is -0.476 e. The zero-order chi connectivity index (χ0) is 21.6. The van der Waals surface area contributed by atoms with Gasteiger partial charge in [-0.15, -0.1) is 24.0 Å². The second kappa shape index (κ2) is 11.6. The molecule has 2 aromatic rings. The van der Waals surface area contributed by atoms with Crippen molar-refractivity contribution in [3.8, 4) is 5.88 Å². The average molecular weight is 571 g/mol. The van der Waals surface area contributed by atoms with E-state index in [9.17, 15) is 13.2 Å². The quantitative estimate of drug-likeness (QED) is 0.239. The van der Waals surface area contributed by atoms with Gasteiger partial charge in [0.1, 0.15) is 12.4 Å². The lowest BCUT2D eigenvalue weighted by Crippen LogP contribution is -2.45. The number of anilines is 1. The number of rotatable bonds is 6. The average Bonchev–Trinajstić information content (AvgIpc) is 3.18. The van der Waals surface area contributed by atoms with E-state index in [4.69, 9.17) is 16.3 Å². The standard InChI is InChI=1S/C19H22ClF3N6O.HI/c1-24-18(26-8-10-30-16-5-4-13(11-27-16)19(21,22)23)28-14-6-9-29(12-14)17-15(20)3-2-7-25-17;/h2-5,7,11,14H,6,8-10,12H2,1H3,(H2,24,26,28);1H. The highest BCUT2D eigenvalue weighted by Crippen LogP contribution is 2.29. The molecule has 0 saturated carbocycles. The monoisotopic (exact) mass is 570 g/mol. The summed E-state index contributed by atoms with van der Waals surface area (Å²) in [5.41, 5.74) is -0.810. The van der Waals surface area contributed by atoms with Crippen LogP contribution in [0.2, 0.25) is 5.02 Å². The number of alkyl halides is 3. The third-order valence-electron chi connectivity index (χ3n) is 4.50. The molecule has 0 spiro atoms. The van der Waals surface area contributed by atoms with Crippen molar-refractivity contribution < 1.29 is 17.9 Å². The van der Waals surface area contributed by atoms with Gasteiger partial charge in [0.15, 0.2) is 5.96 Å². The molecule has 12 heteroatoms. The summed E-state index contributed by atoms with van der Waals surface area (Å²) in [7, 11) is 1.66. The molecule has 170 valence electrons. The maximum Gasteiger partial charge on any atom is 0.417 e. The second-order valence-electron chi connectivity index (χ2n) is 6.62. The fraction of sp³-hybridized carbons (Fsp3) is 0.421. The van der Waals surface area contributed by atoms with Crippen molar-refractivity contribution in [3.05, 3.63) is 47.2 Å². The first-order valence-electron chi connectivity index (χ1n) is 9.35. The van der Waals surface area contributed by atoms with Gasteiger partial charge in [0.05, 0.1) is 17.1 Å². The van der Waals surface area contributed by atoms with E-state index in [-0.39, 0.29) is 42.5 Å². The van der Waals surface area contributed by atoms with Crippen molar-refractivity contribution in [2.75, 3.05) is 38.2 Å². The van der Waals surface area contributed by atoms with Gasteiger partial charge in [-0.05, 0) is 24.6 Å². The number of aromatic nitrogens is 2. The SMILES string of the molecule is CN=C(NCCOc1ccc(C(F)(F)F)cn1)NC1CCN(c2ncccc2Cl)C1.I. The van der Waals surface area contributed by atoms with Crippen molar-refractivity contribution in [2.45, 2.75) is 18.6 Å². The zero-order valence-corrected chi connectivity index (χ0v) is 19.8. The molecule has 1 fully saturated rings. The normalized spacial score (nSPS) is 16.6. The lowest BCUT2D eigenvalue weighted by Gasteiger charge is -2.20. The Morgan fingerprint density at radius 1 is 1.32 bits per heavy atom. The predicted molar refractivity (Wildman–Crippen MR) is 125 cm³/mol. The van der Waals surface area contributed by atoms with Gasteiger partial charge in [0.25, 0.3) is 0 Å². The number of nitrogens with one attached hydrogen (secondary N) is 2. The Morgan fingerprint density at radius 3 is 2.77 bits per heavy atom. The summed E-state index contributed by atoms with van der Waals surface area (Å²) in [6, 6.07) is 5.93. The molecule has 0 amide bonds. The van der Waals surface area contributed by atoms with Crippen LogP contribution in [0.4, 0.5) is 19.0 Å². The van der Waals surface area contributed by atoms with E-state index in [1.807, 2.05) is 6.07 Å². The summed E-state index contributed by atoms with van der Waals surface area (Å²) in [6.07, 6.45) is -1.04. The van der Waals surface area contributed by atoms with Gasteiger partial charge in [-0.2, -0.15) is 13.2 Å². The lowest BCUT2D eigenvalue weighted by atomic mass is 10.3. The van der Waals surface area contributed by atoms with Crippen LogP contribution in [0.5, 0.6) is 5.88 Å². The van der Waals surface area contributed by atoms with E-state index in [1.54, 1.807) is 19.3 Å². The Kier molecular flexibility index (Phi) is 9.41. The molecule has 0 bridgehead atoms. The third-order valence-corrected chi connectivity index (χ3v) is 4.79. The number of nitrogens with zero attached hydrogens (tertiary/aromatic N) is 4. The first-order chi connectivity index (χ1) is 14.4. The van der Waals surface area contributed by atoms with Gasteiger partial charge in [0.2, 0.25) is 5.88 Å². The van der Waals surface area contributed by atoms with Gasteiger partial charge in [-0.3, -0.25) is 4.99 Å². The Balaban J connectivity index is 0.00000341. The van der Waals surface area contributed by atoms with Crippen LogP contribution < -0.4 is 20.3 Å². The molecule has 7 nitrogen and oxygen atoms in total. The van der Waals surface area contributed by atoms with Crippen molar-refractivity contribution in [3.63, 3.8) is 0 Å². The van der Waals surface area contributed by atoms with Gasteiger partial charge >= 0.3 is 6.18 Å². The van der Waals surface area contributed by atoms with Gasteiger partial charge in [-0.25, -0.2) is 9.97 Å². The van der Waals surface area contributed by atoms with Crippen molar-refractivity contribution >= 4 is 47.4 Å². The van der Waals surface area contributed by atoms with E-state index in [1.165, 1.54) is 6.07 Å². The second-order valence-corrected chi connectivity index (χ2v) is 7.02. The molecular formula is C19H23ClF3IN6O. The van der Waals surface area contributed by atoms with E-state index in [0.29, 0.717) is 17.5 Å². The van der Waals surface area contributed by atoms with Crippen LogP contribution >= 0.6 is 35.6 Å². The molecule has 1 aliphatic rings. The first kappa shape index (κ1) is 25.2. The number of halogens is 5. The van der Waals surface area contributed by atoms with E-state index < -0.39 is 11.7 Å². The topological polar surface area (TPSA) is 74.7 Å². The smallest absolute Gasteiger partial charge is 0.417 e. The van der Waals surface area contributed by atoms with Crippen LogP contribution in [0.3, 0.4) is 0 Å². The fourth-order valence-corrected chi connectivity index (χ4v) is 3.27. The first-order valence-corrected chi connectivity index (χ1v) is 9.73. The fourth-order valence-electron chi connectivity index (χ4n) is 3.03. The molecule has 0 radical (unpaired) electrons. The van der Waals surface area contributed by atoms with E-state index >= 15 is 0 Å². The molecule has 1 atom stereocenters. The maximum absolute atomic E-state index is 12.5. The largest absolute Gasteiger partial charge is 0.476 e. The lowest BCUT2D eigenvalue weighted by molar-refractivity contribution is -0.137. The summed E-state index contributed by atoms with van der Waals surface area (Å²) < 4.78 is 43.0. The number of pyridine rings is 2. The third kappa shape index (κ3) is 7.27. The van der Waals surface area contributed by atoms with Crippen LogP contribution in [0.15, 0.2) is 41.7 Å². The van der Waals surface area contributed by atoms with Gasteiger partial charge < -0.3 is 20.3 Å². The van der Waals surface area contributed by atoms with Crippen LogP contribution in [-0.4, -0.2) is 55.3 Å². The van der Waals surface area contributed by atoms with Crippen molar-refractivity contribution in [1.29, 1.82) is 0 Å². The minimum absolute atomic E-state index is 0. The molecule has 2 aromatic heterocycles. The minimum atomic E-state index is -4.41. The zero-order valence-electron chi connectivity index (χ0n) is 16.7. The molecule has 1 unspecified atom stereocenters. The molecule has 0 aromatic carbocycles. The number of hydrogen-bond acceptors (Lipinski definition) is 5. The Labute approximate surface area is 200 Å². The van der Waals surface area contributed by atoms with Gasteiger partial charge in [-0.1, -0.05) is 11.6 Å². The predicted octanol–water partition coefficient (Wildman–Crippen LogP) is 3.59. The molecule has 3 rings (SSSR count). The Morgan fingerprint density at radius 2 is 2.13 bits per heavy atom. The number of aliphatic imine (C=N–C) groups is 1. The Bertz CT molecular complexity index is 868. The van der Waals surface area contributed by atoms with Crippen molar-refractivity contribution in [2.24, 2.45) is 4.99 Å². The van der Waals surface area contributed by atoms with E-state index in [0.717, 1.165) is 37.6 Å². The molecule has 3 heterocycles. The number of hydrogen-bond donors (Lipinski definition) is 2. The summed E-state index contributed by atoms with van der Waals surface area (Å²) in [5.74, 6) is 1.51. The van der Waals surface area contributed by atoms with E-state index in [2.05, 4.69) is 30.5 Å². The summed E-state index contributed by atoms with van der Waals surface area (Å²) in [5, 5.41) is 7.07. The van der Waals surface area contributed by atoms with Crippen LogP contribution in [-0.2, 0) is 6.18 Å². The molecule has 1 saturated heterocycles. The molecule has 2 N–H and O–H groups in total. The molecular weight excluding hydrogens is 548 g/mol. The summed E-state index contributed by atoms with van der Waals surface area (Å²) in [6.45, 7) is 2.20. The summed E-state index contributed by atoms with van der Waals surface area (Å²) in [4.78, 5) is 14.3. The van der Waals surface area contributed by atoms with Crippen LogP contribution in [0, 0.1) is 0 Å². The van der Waals surface area contributed by atoms with Crippen LogP contribution in [0.1, 0.15) is 12.0 Å². The highest BCUT2D eigenvalue weighted by atomic mass is 127.